The van der Waals surface area contributed by atoms with Crippen LogP contribution in [0.2, 0.25) is 0 Å². The number of hydrogen-bond acceptors (Lipinski definition) is 4. The Bertz CT molecular complexity index is 751. The van der Waals surface area contributed by atoms with Gasteiger partial charge < -0.3 is 5.32 Å². The fourth-order valence-corrected chi connectivity index (χ4v) is 2.45. The normalized spacial score (nSPS) is 10.7. The minimum absolute atomic E-state index is 0.0713. The standard InChI is InChI=1S/C14H17N3O3S/c1-2-21-9-12(18)15-7-8-17-14(20)11-6-4-3-5-10(11)13(19)16-17/h3-6H,2,7-9H2,1H3,(H,15,18)(H,16,19). The highest BCUT2D eigenvalue weighted by molar-refractivity contribution is 7.99. The Kier molecular flexibility index (Phi) is 5.21. The van der Waals surface area contributed by atoms with Gasteiger partial charge in [0, 0.05) is 6.54 Å². The van der Waals surface area contributed by atoms with Gasteiger partial charge in [0.1, 0.15) is 0 Å². The number of H-pyrrole nitrogens is 1. The molecule has 0 saturated heterocycles. The molecular formula is C14H17N3O3S. The van der Waals surface area contributed by atoms with Gasteiger partial charge in [-0.1, -0.05) is 19.1 Å². The monoisotopic (exact) mass is 307 g/mol. The van der Waals surface area contributed by atoms with Crippen molar-refractivity contribution in [3.63, 3.8) is 0 Å². The summed E-state index contributed by atoms with van der Waals surface area (Å²) < 4.78 is 1.23. The van der Waals surface area contributed by atoms with E-state index in [9.17, 15) is 14.4 Å². The number of aromatic nitrogens is 2. The number of carbonyl (C=O) groups excluding carboxylic acids is 1. The van der Waals surface area contributed by atoms with Crippen LogP contribution < -0.4 is 16.4 Å². The number of aromatic amines is 1. The number of hydrogen-bond donors (Lipinski definition) is 2. The maximum Gasteiger partial charge on any atom is 0.273 e. The number of carbonyl (C=O) groups is 1. The van der Waals surface area contributed by atoms with E-state index in [2.05, 4.69) is 10.4 Å². The first kappa shape index (κ1) is 15.4. The molecule has 2 rings (SSSR count). The first-order chi connectivity index (χ1) is 10.1. The van der Waals surface area contributed by atoms with E-state index in [1.807, 2.05) is 6.92 Å². The van der Waals surface area contributed by atoms with E-state index in [0.717, 1.165) is 5.75 Å². The van der Waals surface area contributed by atoms with Crippen LogP contribution in [-0.4, -0.2) is 33.7 Å². The fourth-order valence-electron chi connectivity index (χ4n) is 1.96. The molecule has 21 heavy (non-hydrogen) atoms. The maximum atomic E-state index is 12.2. The number of amides is 1. The first-order valence-electron chi connectivity index (χ1n) is 6.69. The van der Waals surface area contributed by atoms with Crippen molar-refractivity contribution < 1.29 is 4.79 Å². The second kappa shape index (κ2) is 7.12. The quantitative estimate of drug-likeness (QED) is 0.817. The van der Waals surface area contributed by atoms with Gasteiger partial charge in [-0.2, -0.15) is 11.8 Å². The number of thioether (sulfide) groups is 1. The van der Waals surface area contributed by atoms with Gasteiger partial charge >= 0.3 is 0 Å². The SMILES string of the molecule is CCSCC(=O)NCCn1[nH]c(=O)c2ccccc2c1=O. The minimum Gasteiger partial charge on any atom is -0.354 e. The molecule has 2 N–H and O–H groups in total. The third-order valence-electron chi connectivity index (χ3n) is 2.98. The van der Waals surface area contributed by atoms with Crippen LogP contribution in [-0.2, 0) is 11.3 Å². The number of nitrogens with one attached hydrogen (secondary N) is 2. The predicted molar refractivity (Wildman–Crippen MR) is 84.8 cm³/mol. The highest BCUT2D eigenvalue weighted by atomic mass is 32.2. The molecule has 0 aliphatic rings. The van der Waals surface area contributed by atoms with Crippen molar-refractivity contribution in [2.24, 2.45) is 0 Å². The van der Waals surface area contributed by atoms with Gasteiger partial charge in [-0.25, -0.2) is 4.68 Å². The molecule has 6 nitrogen and oxygen atoms in total. The molecular weight excluding hydrogens is 290 g/mol. The molecule has 1 aromatic heterocycles. The molecule has 0 unspecified atom stereocenters. The second-order valence-corrected chi connectivity index (χ2v) is 5.70. The van der Waals surface area contributed by atoms with Gasteiger partial charge in [-0.3, -0.25) is 19.5 Å². The van der Waals surface area contributed by atoms with Crippen molar-refractivity contribution in [2.75, 3.05) is 18.1 Å². The molecule has 0 bridgehead atoms. The Hall–Kier alpha value is -2.02. The lowest BCUT2D eigenvalue weighted by atomic mass is 10.2. The summed E-state index contributed by atoms with van der Waals surface area (Å²) in [4.78, 5) is 35.6. The van der Waals surface area contributed by atoms with Crippen LogP contribution in [0.3, 0.4) is 0 Å². The lowest BCUT2D eigenvalue weighted by Crippen LogP contribution is -2.35. The molecule has 2 aromatic rings. The van der Waals surface area contributed by atoms with Gasteiger partial charge in [0.05, 0.1) is 23.1 Å². The summed E-state index contributed by atoms with van der Waals surface area (Å²) in [6.45, 7) is 2.52. The summed E-state index contributed by atoms with van der Waals surface area (Å²) >= 11 is 1.53. The number of nitrogens with zero attached hydrogens (tertiary/aromatic N) is 1. The van der Waals surface area contributed by atoms with E-state index in [1.165, 1.54) is 16.4 Å². The molecule has 0 spiro atoms. The molecule has 112 valence electrons. The summed E-state index contributed by atoms with van der Waals surface area (Å²) in [5.74, 6) is 1.21. The van der Waals surface area contributed by atoms with Crippen LogP contribution >= 0.6 is 11.8 Å². The van der Waals surface area contributed by atoms with E-state index < -0.39 is 0 Å². The fraction of sp³-hybridized carbons (Fsp3) is 0.357. The van der Waals surface area contributed by atoms with Crippen LogP contribution in [0.4, 0.5) is 0 Å². The molecule has 1 aromatic carbocycles. The summed E-state index contributed by atoms with van der Waals surface area (Å²) in [5, 5.41) is 6.01. The van der Waals surface area contributed by atoms with Gasteiger partial charge in [-0.05, 0) is 17.9 Å². The van der Waals surface area contributed by atoms with Crippen molar-refractivity contribution >= 4 is 28.4 Å². The molecule has 0 aliphatic heterocycles. The molecule has 0 saturated carbocycles. The molecule has 7 heteroatoms. The first-order valence-corrected chi connectivity index (χ1v) is 7.85. The van der Waals surface area contributed by atoms with Gasteiger partial charge in [0.25, 0.3) is 11.1 Å². The average Bonchev–Trinajstić information content (AvgIpc) is 2.50. The van der Waals surface area contributed by atoms with Gasteiger partial charge in [0.2, 0.25) is 5.91 Å². The zero-order valence-corrected chi connectivity index (χ0v) is 12.5. The summed E-state index contributed by atoms with van der Waals surface area (Å²) in [7, 11) is 0. The Morgan fingerprint density at radius 1 is 1.29 bits per heavy atom. The van der Waals surface area contributed by atoms with Crippen LogP contribution in [0.5, 0.6) is 0 Å². The van der Waals surface area contributed by atoms with Crippen molar-refractivity contribution in [1.82, 2.24) is 15.1 Å². The maximum absolute atomic E-state index is 12.2. The summed E-state index contributed by atoms with van der Waals surface area (Å²) in [6.07, 6.45) is 0. The lowest BCUT2D eigenvalue weighted by Gasteiger charge is -2.08. The molecule has 0 atom stereocenters. The molecule has 1 heterocycles. The predicted octanol–water partition coefficient (Wildman–Crippen LogP) is 0.559. The topological polar surface area (TPSA) is 84.0 Å². The smallest absolute Gasteiger partial charge is 0.273 e. The molecule has 1 amide bonds. The van der Waals surface area contributed by atoms with Crippen LogP contribution in [0, 0.1) is 0 Å². The van der Waals surface area contributed by atoms with Crippen LogP contribution in [0.1, 0.15) is 6.92 Å². The third-order valence-corrected chi connectivity index (χ3v) is 3.85. The van der Waals surface area contributed by atoms with Gasteiger partial charge in [-0.15, -0.1) is 0 Å². The molecule has 0 fully saturated rings. The van der Waals surface area contributed by atoms with Gasteiger partial charge in [0.15, 0.2) is 0 Å². The summed E-state index contributed by atoms with van der Waals surface area (Å²) in [6, 6.07) is 6.67. The molecule has 0 aliphatic carbocycles. The highest BCUT2D eigenvalue weighted by Crippen LogP contribution is 2.02. The van der Waals surface area contributed by atoms with Crippen molar-refractivity contribution in [3.05, 3.63) is 45.0 Å². The average molecular weight is 307 g/mol. The Labute approximate surface area is 125 Å². The van der Waals surface area contributed by atoms with Crippen molar-refractivity contribution in [2.45, 2.75) is 13.5 Å². The highest BCUT2D eigenvalue weighted by Gasteiger charge is 2.06. The second-order valence-electron chi connectivity index (χ2n) is 4.43. The Morgan fingerprint density at radius 2 is 2.00 bits per heavy atom. The Balaban J connectivity index is 2.10. The zero-order chi connectivity index (χ0) is 15.2. The van der Waals surface area contributed by atoms with E-state index in [4.69, 9.17) is 0 Å². The van der Waals surface area contributed by atoms with E-state index in [1.54, 1.807) is 24.3 Å². The largest absolute Gasteiger partial charge is 0.354 e. The van der Waals surface area contributed by atoms with E-state index in [-0.39, 0.29) is 23.6 Å². The third kappa shape index (κ3) is 3.75. The number of benzene rings is 1. The number of fused-ring (bicyclic) bond motifs is 1. The van der Waals surface area contributed by atoms with Crippen LogP contribution in [0.15, 0.2) is 33.9 Å². The zero-order valence-electron chi connectivity index (χ0n) is 11.7. The summed E-state index contributed by atoms with van der Waals surface area (Å²) in [5.41, 5.74) is -0.569. The van der Waals surface area contributed by atoms with E-state index in [0.29, 0.717) is 23.1 Å². The molecule has 0 radical (unpaired) electrons. The Morgan fingerprint density at radius 3 is 2.71 bits per heavy atom. The van der Waals surface area contributed by atoms with Crippen molar-refractivity contribution in [3.8, 4) is 0 Å². The van der Waals surface area contributed by atoms with E-state index >= 15 is 0 Å². The van der Waals surface area contributed by atoms with Crippen LogP contribution in [0.25, 0.3) is 10.8 Å². The van der Waals surface area contributed by atoms with Crippen molar-refractivity contribution in [1.29, 1.82) is 0 Å². The lowest BCUT2D eigenvalue weighted by molar-refractivity contribution is -0.118. The minimum atomic E-state index is -0.307. The number of rotatable bonds is 6.